The fourth-order valence-corrected chi connectivity index (χ4v) is 3.35. The van der Waals surface area contributed by atoms with Gasteiger partial charge in [0.25, 0.3) is 5.91 Å². The van der Waals surface area contributed by atoms with Gasteiger partial charge in [0.1, 0.15) is 5.82 Å². The molecule has 3 rings (SSSR count). The summed E-state index contributed by atoms with van der Waals surface area (Å²) in [5, 5.41) is 6.24. The monoisotopic (exact) mass is 522 g/mol. The fourth-order valence-electron chi connectivity index (χ4n) is 3.35. The molecule has 0 bridgehead atoms. The first-order valence-corrected chi connectivity index (χ1v) is 10.3. The number of amides is 1. The molecular formula is C22H31IN6O. The molecule has 0 saturated carbocycles. The maximum Gasteiger partial charge on any atom is 0.251 e. The van der Waals surface area contributed by atoms with E-state index in [0.717, 1.165) is 50.1 Å². The highest BCUT2D eigenvalue weighted by Crippen LogP contribution is 2.13. The molecule has 0 radical (unpaired) electrons. The first kappa shape index (κ1) is 23.9. The molecule has 2 heterocycles. The van der Waals surface area contributed by atoms with Crippen LogP contribution in [0.15, 0.2) is 53.7 Å². The molecular weight excluding hydrogens is 491 g/mol. The second-order valence-corrected chi connectivity index (χ2v) is 6.89. The number of pyridine rings is 1. The molecule has 1 aliphatic rings. The van der Waals surface area contributed by atoms with E-state index in [-0.39, 0.29) is 29.9 Å². The first-order chi connectivity index (χ1) is 14.2. The molecule has 0 atom stereocenters. The maximum atomic E-state index is 12.1. The summed E-state index contributed by atoms with van der Waals surface area (Å²) in [6, 6.07) is 13.7. The number of piperazine rings is 1. The molecule has 1 saturated heterocycles. The van der Waals surface area contributed by atoms with Gasteiger partial charge in [0.2, 0.25) is 0 Å². The third-order valence-corrected chi connectivity index (χ3v) is 4.83. The summed E-state index contributed by atoms with van der Waals surface area (Å²) in [7, 11) is 0. The Bertz CT molecular complexity index is 821. The van der Waals surface area contributed by atoms with Gasteiger partial charge in [-0.1, -0.05) is 18.2 Å². The van der Waals surface area contributed by atoms with Crippen LogP contribution < -0.4 is 15.5 Å². The molecule has 2 N–H and O–H groups in total. The lowest BCUT2D eigenvalue weighted by atomic mass is 10.1. The van der Waals surface area contributed by atoms with Gasteiger partial charge >= 0.3 is 0 Å². The van der Waals surface area contributed by atoms with E-state index in [1.54, 1.807) is 0 Å². The van der Waals surface area contributed by atoms with Crippen LogP contribution in [0.4, 0.5) is 5.82 Å². The normalized spacial score (nSPS) is 14.1. The third kappa shape index (κ3) is 6.58. The fraction of sp³-hybridized carbons (Fsp3) is 0.409. The summed E-state index contributed by atoms with van der Waals surface area (Å²) in [6.45, 7) is 9.58. The van der Waals surface area contributed by atoms with Crippen molar-refractivity contribution >= 4 is 41.7 Å². The molecule has 2 aromatic rings. The number of rotatable bonds is 6. The van der Waals surface area contributed by atoms with E-state index in [9.17, 15) is 4.79 Å². The number of hydrogen-bond donors (Lipinski definition) is 2. The number of nitrogens with one attached hydrogen (secondary N) is 2. The number of aliphatic imine (C=N–C) groups is 1. The van der Waals surface area contributed by atoms with Gasteiger partial charge in [0, 0.05) is 51.0 Å². The van der Waals surface area contributed by atoms with Crippen molar-refractivity contribution in [1.29, 1.82) is 0 Å². The van der Waals surface area contributed by atoms with Gasteiger partial charge < -0.3 is 20.4 Å². The van der Waals surface area contributed by atoms with Gasteiger partial charge in [-0.3, -0.25) is 4.79 Å². The number of carbonyl (C=O) groups excluding carboxylic acids is 1. The zero-order chi connectivity index (χ0) is 20.5. The highest BCUT2D eigenvalue weighted by molar-refractivity contribution is 14.0. The number of benzene rings is 1. The van der Waals surface area contributed by atoms with Crippen LogP contribution in [0.5, 0.6) is 0 Å². The Hall–Kier alpha value is -2.36. The Morgan fingerprint density at radius 3 is 2.47 bits per heavy atom. The smallest absolute Gasteiger partial charge is 0.251 e. The van der Waals surface area contributed by atoms with E-state index in [1.165, 1.54) is 0 Å². The lowest BCUT2D eigenvalue weighted by Gasteiger charge is -2.37. The van der Waals surface area contributed by atoms with Crippen LogP contribution in [0.25, 0.3) is 0 Å². The number of halogens is 1. The van der Waals surface area contributed by atoms with Crippen LogP contribution in [0.2, 0.25) is 0 Å². The number of aromatic nitrogens is 1. The summed E-state index contributed by atoms with van der Waals surface area (Å²) in [4.78, 5) is 25.9. The van der Waals surface area contributed by atoms with Crippen molar-refractivity contribution in [3.63, 3.8) is 0 Å². The van der Waals surface area contributed by atoms with E-state index in [1.807, 2.05) is 49.5 Å². The van der Waals surface area contributed by atoms with Crippen LogP contribution >= 0.6 is 24.0 Å². The zero-order valence-corrected chi connectivity index (χ0v) is 20.0. The van der Waals surface area contributed by atoms with Gasteiger partial charge in [-0.2, -0.15) is 0 Å². The SMILES string of the molecule is CCNC(=O)c1cccc(CN=C(NCC)N2CCN(c3ccccn3)CC2)c1.I. The largest absolute Gasteiger partial charge is 0.357 e. The second-order valence-electron chi connectivity index (χ2n) is 6.89. The van der Waals surface area contributed by atoms with Crippen molar-refractivity contribution in [3.05, 3.63) is 59.8 Å². The average molecular weight is 522 g/mol. The Labute approximate surface area is 196 Å². The molecule has 1 fully saturated rings. The maximum absolute atomic E-state index is 12.1. The van der Waals surface area contributed by atoms with Crippen molar-refractivity contribution in [2.75, 3.05) is 44.2 Å². The number of hydrogen-bond acceptors (Lipinski definition) is 4. The van der Waals surface area contributed by atoms with E-state index >= 15 is 0 Å². The first-order valence-electron chi connectivity index (χ1n) is 10.3. The molecule has 0 aliphatic carbocycles. The van der Waals surface area contributed by atoms with Gasteiger partial charge in [-0.25, -0.2) is 9.98 Å². The minimum Gasteiger partial charge on any atom is -0.357 e. The van der Waals surface area contributed by atoms with Crippen LogP contribution in [0.3, 0.4) is 0 Å². The molecule has 30 heavy (non-hydrogen) atoms. The lowest BCUT2D eigenvalue weighted by Crippen LogP contribution is -2.52. The number of carbonyl (C=O) groups is 1. The van der Waals surface area contributed by atoms with Crippen LogP contribution in [-0.4, -0.2) is 61.0 Å². The number of anilines is 1. The predicted octanol–water partition coefficient (Wildman–Crippen LogP) is 2.74. The minimum atomic E-state index is -0.0455. The van der Waals surface area contributed by atoms with Gasteiger partial charge in [-0.05, 0) is 43.7 Å². The van der Waals surface area contributed by atoms with Crippen molar-refractivity contribution in [2.45, 2.75) is 20.4 Å². The molecule has 7 nitrogen and oxygen atoms in total. The van der Waals surface area contributed by atoms with Gasteiger partial charge in [0.15, 0.2) is 5.96 Å². The van der Waals surface area contributed by atoms with E-state index in [0.29, 0.717) is 18.7 Å². The van der Waals surface area contributed by atoms with Crippen molar-refractivity contribution in [2.24, 2.45) is 4.99 Å². The molecule has 8 heteroatoms. The molecule has 0 unspecified atom stereocenters. The Kier molecular flexibility index (Phi) is 9.85. The highest BCUT2D eigenvalue weighted by atomic mass is 127. The lowest BCUT2D eigenvalue weighted by molar-refractivity contribution is 0.0955. The number of nitrogens with zero attached hydrogens (tertiary/aromatic N) is 4. The van der Waals surface area contributed by atoms with Gasteiger partial charge in [-0.15, -0.1) is 24.0 Å². The summed E-state index contributed by atoms with van der Waals surface area (Å²) >= 11 is 0. The molecule has 1 aromatic heterocycles. The van der Waals surface area contributed by atoms with Crippen molar-refractivity contribution in [1.82, 2.24) is 20.5 Å². The highest BCUT2D eigenvalue weighted by Gasteiger charge is 2.20. The molecule has 1 aliphatic heterocycles. The summed E-state index contributed by atoms with van der Waals surface area (Å²) in [5.41, 5.74) is 1.70. The molecule has 1 amide bonds. The third-order valence-electron chi connectivity index (χ3n) is 4.83. The quantitative estimate of drug-likeness (QED) is 0.347. The van der Waals surface area contributed by atoms with Crippen LogP contribution in [-0.2, 0) is 6.54 Å². The van der Waals surface area contributed by atoms with E-state index in [4.69, 9.17) is 4.99 Å². The average Bonchev–Trinajstić information content (AvgIpc) is 2.78. The van der Waals surface area contributed by atoms with Crippen molar-refractivity contribution < 1.29 is 4.79 Å². The predicted molar refractivity (Wildman–Crippen MR) is 133 cm³/mol. The summed E-state index contributed by atoms with van der Waals surface area (Å²) in [5.74, 6) is 1.89. The Morgan fingerprint density at radius 1 is 1.03 bits per heavy atom. The molecule has 162 valence electrons. The minimum absolute atomic E-state index is 0. The van der Waals surface area contributed by atoms with Crippen LogP contribution in [0, 0.1) is 0 Å². The molecule has 1 aromatic carbocycles. The zero-order valence-electron chi connectivity index (χ0n) is 17.7. The standard InChI is InChI=1S/C22H30N6O.HI/c1-3-23-21(29)19-9-7-8-18(16-19)17-26-22(24-4-2)28-14-12-27(13-15-28)20-10-5-6-11-25-20;/h5-11,16H,3-4,12-15,17H2,1-2H3,(H,23,29)(H,24,26);1H. The van der Waals surface area contributed by atoms with Crippen LogP contribution in [0.1, 0.15) is 29.8 Å². The Balaban J connectivity index is 0.00000320. The number of guanidine groups is 1. The van der Waals surface area contributed by atoms with E-state index in [2.05, 4.69) is 38.4 Å². The summed E-state index contributed by atoms with van der Waals surface area (Å²) < 4.78 is 0. The van der Waals surface area contributed by atoms with Crippen molar-refractivity contribution in [3.8, 4) is 0 Å². The summed E-state index contributed by atoms with van der Waals surface area (Å²) in [6.07, 6.45) is 1.84. The van der Waals surface area contributed by atoms with Gasteiger partial charge in [0.05, 0.1) is 6.54 Å². The Morgan fingerprint density at radius 2 is 1.80 bits per heavy atom. The second kappa shape index (κ2) is 12.4. The van der Waals surface area contributed by atoms with E-state index < -0.39 is 0 Å². The molecule has 0 spiro atoms. The topological polar surface area (TPSA) is 72.9 Å².